The Balaban J connectivity index is 3.65. The minimum absolute atomic E-state index is 0.600. The molecule has 4 heteroatoms. The highest BCUT2D eigenvalue weighted by atomic mass is 16.5. The first-order valence-corrected chi connectivity index (χ1v) is 4.90. The molecule has 0 amide bonds. The Hall–Kier alpha value is -0.420. The Kier molecular flexibility index (Phi) is 10.3. The van der Waals surface area contributed by atoms with Gasteiger partial charge in [0.15, 0.2) is 0 Å². The van der Waals surface area contributed by atoms with Crippen LogP contribution in [0.3, 0.4) is 0 Å². The molecule has 84 valence electrons. The molecule has 0 aromatic rings. The maximum Gasteiger partial charge on any atom is 0.0589 e. The molecule has 4 nitrogen and oxygen atoms in total. The molecule has 0 radical (unpaired) electrons. The SMILES string of the molecule is COCCN(CC=CCN)CCOC. The van der Waals surface area contributed by atoms with Gasteiger partial charge in [0.25, 0.3) is 0 Å². The molecule has 0 saturated heterocycles. The predicted molar refractivity (Wildman–Crippen MR) is 58.4 cm³/mol. The highest BCUT2D eigenvalue weighted by molar-refractivity contribution is 4.85. The fraction of sp³-hybridized carbons (Fsp3) is 0.800. The van der Waals surface area contributed by atoms with E-state index in [0.29, 0.717) is 6.54 Å². The normalized spacial score (nSPS) is 11.7. The van der Waals surface area contributed by atoms with E-state index < -0.39 is 0 Å². The summed E-state index contributed by atoms with van der Waals surface area (Å²) in [6, 6.07) is 0. The molecule has 0 bridgehead atoms. The van der Waals surface area contributed by atoms with Crippen LogP contribution in [0.15, 0.2) is 12.2 Å². The molecule has 0 aliphatic rings. The van der Waals surface area contributed by atoms with Crippen LogP contribution in [0.25, 0.3) is 0 Å². The van der Waals surface area contributed by atoms with E-state index in [9.17, 15) is 0 Å². The van der Waals surface area contributed by atoms with Crippen LogP contribution >= 0.6 is 0 Å². The first kappa shape index (κ1) is 13.6. The number of hydrogen-bond acceptors (Lipinski definition) is 4. The fourth-order valence-corrected chi connectivity index (χ4v) is 1.05. The van der Waals surface area contributed by atoms with Gasteiger partial charge in [-0.15, -0.1) is 0 Å². The van der Waals surface area contributed by atoms with Crippen molar-refractivity contribution in [1.82, 2.24) is 4.90 Å². The fourth-order valence-electron chi connectivity index (χ4n) is 1.05. The Bertz CT molecular complexity index is 132. The largest absolute Gasteiger partial charge is 0.383 e. The maximum absolute atomic E-state index is 5.36. The van der Waals surface area contributed by atoms with E-state index in [1.165, 1.54) is 0 Å². The van der Waals surface area contributed by atoms with Gasteiger partial charge in [0.1, 0.15) is 0 Å². The van der Waals surface area contributed by atoms with Crippen LogP contribution in [0.2, 0.25) is 0 Å². The molecule has 0 aromatic carbocycles. The van der Waals surface area contributed by atoms with Crippen LogP contribution in [0.1, 0.15) is 0 Å². The van der Waals surface area contributed by atoms with E-state index in [0.717, 1.165) is 32.8 Å². The lowest BCUT2D eigenvalue weighted by molar-refractivity contribution is 0.121. The summed E-state index contributed by atoms with van der Waals surface area (Å²) in [5.74, 6) is 0. The summed E-state index contributed by atoms with van der Waals surface area (Å²) < 4.78 is 10.1. The molecule has 0 atom stereocenters. The summed E-state index contributed by atoms with van der Waals surface area (Å²) in [5, 5.41) is 0. The zero-order valence-electron chi connectivity index (χ0n) is 9.24. The summed E-state index contributed by atoms with van der Waals surface area (Å²) >= 11 is 0. The first-order valence-electron chi connectivity index (χ1n) is 4.90. The van der Waals surface area contributed by atoms with E-state index in [4.69, 9.17) is 15.2 Å². The first-order chi connectivity index (χ1) is 6.85. The lowest BCUT2D eigenvalue weighted by atomic mass is 10.4. The molecule has 0 aliphatic heterocycles. The third-order valence-electron chi connectivity index (χ3n) is 1.89. The van der Waals surface area contributed by atoms with Crippen molar-refractivity contribution >= 4 is 0 Å². The van der Waals surface area contributed by atoms with Crippen molar-refractivity contribution in [3.63, 3.8) is 0 Å². The smallest absolute Gasteiger partial charge is 0.0589 e. The highest BCUT2D eigenvalue weighted by Gasteiger charge is 2.01. The number of methoxy groups -OCH3 is 2. The monoisotopic (exact) mass is 202 g/mol. The molecule has 0 unspecified atom stereocenters. The van der Waals surface area contributed by atoms with E-state index in [-0.39, 0.29) is 0 Å². The van der Waals surface area contributed by atoms with Crippen LogP contribution in [0.5, 0.6) is 0 Å². The van der Waals surface area contributed by atoms with Crippen molar-refractivity contribution < 1.29 is 9.47 Å². The number of rotatable bonds is 9. The number of nitrogens with two attached hydrogens (primary N) is 1. The van der Waals surface area contributed by atoms with Gasteiger partial charge in [-0.05, 0) is 0 Å². The molecular formula is C10H22N2O2. The van der Waals surface area contributed by atoms with Gasteiger partial charge in [-0.1, -0.05) is 12.2 Å². The molecule has 2 N–H and O–H groups in total. The van der Waals surface area contributed by atoms with E-state index >= 15 is 0 Å². The summed E-state index contributed by atoms with van der Waals surface area (Å²) in [7, 11) is 3.43. The van der Waals surface area contributed by atoms with Gasteiger partial charge >= 0.3 is 0 Å². The predicted octanol–water partition coefficient (Wildman–Crippen LogP) is 0.0961. The molecule has 0 spiro atoms. The average molecular weight is 202 g/mol. The van der Waals surface area contributed by atoms with Crippen molar-refractivity contribution in [1.29, 1.82) is 0 Å². The third-order valence-corrected chi connectivity index (χ3v) is 1.89. The Morgan fingerprint density at radius 1 is 1.07 bits per heavy atom. The summed E-state index contributed by atoms with van der Waals surface area (Å²) in [6.45, 7) is 4.86. The van der Waals surface area contributed by atoms with Crippen LogP contribution < -0.4 is 5.73 Å². The number of ether oxygens (including phenoxy) is 2. The molecule has 0 fully saturated rings. The molecule has 0 heterocycles. The molecule has 0 saturated carbocycles. The van der Waals surface area contributed by atoms with Gasteiger partial charge in [0, 0.05) is 40.4 Å². The van der Waals surface area contributed by atoms with Gasteiger partial charge in [-0.25, -0.2) is 0 Å². The van der Waals surface area contributed by atoms with Crippen molar-refractivity contribution in [2.75, 3.05) is 53.6 Å². The minimum Gasteiger partial charge on any atom is -0.383 e. The second-order valence-electron chi connectivity index (χ2n) is 2.99. The van der Waals surface area contributed by atoms with Crippen molar-refractivity contribution in [2.45, 2.75) is 0 Å². The van der Waals surface area contributed by atoms with Crippen LogP contribution in [0, 0.1) is 0 Å². The van der Waals surface area contributed by atoms with Crippen LogP contribution in [0.4, 0.5) is 0 Å². The third kappa shape index (κ3) is 8.19. The topological polar surface area (TPSA) is 47.7 Å². The lowest BCUT2D eigenvalue weighted by Crippen LogP contribution is -2.31. The Morgan fingerprint density at radius 2 is 1.64 bits per heavy atom. The molecule has 0 rings (SSSR count). The zero-order valence-corrected chi connectivity index (χ0v) is 9.24. The van der Waals surface area contributed by atoms with Gasteiger partial charge in [0.2, 0.25) is 0 Å². The average Bonchev–Trinajstić information content (AvgIpc) is 2.21. The van der Waals surface area contributed by atoms with Gasteiger partial charge in [0.05, 0.1) is 13.2 Å². The van der Waals surface area contributed by atoms with E-state index in [2.05, 4.69) is 11.0 Å². The molecule has 0 aliphatic carbocycles. The summed E-state index contributed by atoms with van der Waals surface area (Å²) in [5.41, 5.74) is 5.36. The van der Waals surface area contributed by atoms with Gasteiger partial charge in [-0.2, -0.15) is 0 Å². The maximum atomic E-state index is 5.36. The second kappa shape index (κ2) is 10.7. The van der Waals surface area contributed by atoms with Crippen molar-refractivity contribution in [3.05, 3.63) is 12.2 Å². The molecule has 14 heavy (non-hydrogen) atoms. The Labute approximate surface area is 86.7 Å². The van der Waals surface area contributed by atoms with Crippen LogP contribution in [-0.2, 0) is 9.47 Å². The van der Waals surface area contributed by atoms with Crippen LogP contribution in [-0.4, -0.2) is 58.5 Å². The molecular weight excluding hydrogens is 180 g/mol. The summed E-state index contributed by atoms with van der Waals surface area (Å²) in [4.78, 5) is 2.26. The lowest BCUT2D eigenvalue weighted by Gasteiger charge is -2.19. The van der Waals surface area contributed by atoms with Gasteiger partial charge in [-0.3, -0.25) is 4.90 Å². The zero-order chi connectivity index (χ0) is 10.6. The standard InChI is InChI=1S/C10H22N2O2/c1-13-9-7-12(8-10-14-2)6-4-3-5-11/h3-4H,5-11H2,1-2H3. The quantitative estimate of drug-likeness (QED) is 0.539. The van der Waals surface area contributed by atoms with Crippen molar-refractivity contribution in [2.24, 2.45) is 5.73 Å². The van der Waals surface area contributed by atoms with E-state index in [1.54, 1.807) is 14.2 Å². The second-order valence-corrected chi connectivity index (χ2v) is 2.99. The highest BCUT2D eigenvalue weighted by Crippen LogP contribution is 1.89. The van der Waals surface area contributed by atoms with E-state index in [1.807, 2.05) is 6.08 Å². The minimum atomic E-state index is 0.600. The Morgan fingerprint density at radius 3 is 2.07 bits per heavy atom. The van der Waals surface area contributed by atoms with Crippen molar-refractivity contribution in [3.8, 4) is 0 Å². The molecule has 0 aromatic heterocycles. The number of hydrogen-bond donors (Lipinski definition) is 1. The van der Waals surface area contributed by atoms with Gasteiger partial charge < -0.3 is 15.2 Å². The summed E-state index contributed by atoms with van der Waals surface area (Å²) in [6.07, 6.45) is 4.04. The number of nitrogens with zero attached hydrogens (tertiary/aromatic N) is 1.